The Bertz CT molecular complexity index is 695. The third-order valence-corrected chi connectivity index (χ3v) is 4.67. The molecule has 0 aliphatic carbocycles. The average Bonchev–Trinajstić information content (AvgIpc) is 3.02. The molecule has 2 aromatic rings. The highest BCUT2D eigenvalue weighted by atomic mass is 32.2. The predicted molar refractivity (Wildman–Crippen MR) is 76.7 cm³/mol. The summed E-state index contributed by atoms with van der Waals surface area (Å²) >= 11 is 0. The van der Waals surface area contributed by atoms with Gasteiger partial charge in [0.1, 0.15) is 0 Å². The van der Waals surface area contributed by atoms with Crippen LogP contribution >= 0.6 is 0 Å². The molecular weight excluding hydrogens is 294 g/mol. The van der Waals surface area contributed by atoms with Crippen molar-refractivity contribution < 1.29 is 12.8 Å². The van der Waals surface area contributed by atoms with Gasteiger partial charge in [0.05, 0.1) is 5.69 Å². The normalized spacial score (nSPS) is 16.8. The second-order valence-electron chi connectivity index (χ2n) is 4.58. The van der Waals surface area contributed by atoms with Gasteiger partial charge in [0.15, 0.2) is 0 Å². The standard InChI is InChI=1S/C12H15N5O3S/c18-21(19,17-6-4-13-5-7-17)16-11-3-1-2-10(8-11)12-15-14-9-20-12/h1-3,8-9,13,16H,4-7H2. The van der Waals surface area contributed by atoms with Crippen LogP contribution in [-0.4, -0.2) is 49.1 Å². The fourth-order valence-electron chi connectivity index (χ4n) is 2.11. The van der Waals surface area contributed by atoms with Gasteiger partial charge in [-0.2, -0.15) is 12.7 Å². The van der Waals surface area contributed by atoms with Crippen LogP contribution in [0.1, 0.15) is 0 Å². The first-order valence-corrected chi connectivity index (χ1v) is 7.94. The van der Waals surface area contributed by atoms with Gasteiger partial charge in [-0.3, -0.25) is 4.72 Å². The van der Waals surface area contributed by atoms with E-state index < -0.39 is 10.2 Å². The first-order valence-electron chi connectivity index (χ1n) is 6.50. The van der Waals surface area contributed by atoms with Crippen molar-refractivity contribution in [1.29, 1.82) is 0 Å². The second kappa shape index (κ2) is 5.80. The Hall–Kier alpha value is -1.97. The number of hydrogen-bond donors (Lipinski definition) is 2. The fraction of sp³-hybridized carbons (Fsp3) is 0.333. The van der Waals surface area contributed by atoms with Crippen molar-refractivity contribution in [2.24, 2.45) is 0 Å². The molecule has 1 aliphatic heterocycles. The third-order valence-electron chi connectivity index (χ3n) is 3.13. The summed E-state index contributed by atoms with van der Waals surface area (Å²) in [4.78, 5) is 0. The largest absolute Gasteiger partial charge is 0.423 e. The van der Waals surface area contributed by atoms with E-state index in [-0.39, 0.29) is 0 Å². The number of piperazine rings is 1. The number of aromatic nitrogens is 2. The second-order valence-corrected chi connectivity index (χ2v) is 6.25. The zero-order chi connectivity index (χ0) is 14.7. The van der Waals surface area contributed by atoms with Crippen LogP contribution in [0.2, 0.25) is 0 Å². The molecule has 1 fully saturated rings. The van der Waals surface area contributed by atoms with Gasteiger partial charge in [0.2, 0.25) is 12.3 Å². The zero-order valence-corrected chi connectivity index (χ0v) is 12.0. The summed E-state index contributed by atoms with van der Waals surface area (Å²) in [6, 6.07) is 6.85. The molecule has 2 heterocycles. The maximum Gasteiger partial charge on any atom is 0.301 e. The summed E-state index contributed by atoms with van der Waals surface area (Å²) < 4.78 is 33.7. The minimum Gasteiger partial charge on any atom is -0.423 e. The third kappa shape index (κ3) is 3.20. The van der Waals surface area contributed by atoms with E-state index in [9.17, 15) is 8.42 Å². The van der Waals surface area contributed by atoms with Crippen LogP contribution in [-0.2, 0) is 10.2 Å². The van der Waals surface area contributed by atoms with Crippen LogP contribution in [0, 0.1) is 0 Å². The monoisotopic (exact) mass is 309 g/mol. The molecule has 21 heavy (non-hydrogen) atoms. The molecule has 0 atom stereocenters. The lowest BCUT2D eigenvalue weighted by Crippen LogP contribution is -2.48. The van der Waals surface area contributed by atoms with E-state index in [1.807, 2.05) is 0 Å². The van der Waals surface area contributed by atoms with Crippen LogP contribution in [0.4, 0.5) is 5.69 Å². The molecule has 0 bridgehead atoms. The Morgan fingerprint density at radius 2 is 2.10 bits per heavy atom. The van der Waals surface area contributed by atoms with Crippen molar-refractivity contribution in [2.45, 2.75) is 0 Å². The summed E-state index contributed by atoms with van der Waals surface area (Å²) in [7, 11) is -3.55. The molecule has 112 valence electrons. The van der Waals surface area contributed by atoms with Gasteiger partial charge in [-0.25, -0.2) is 0 Å². The number of nitrogens with one attached hydrogen (secondary N) is 2. The fourth-order valence-corrected chi connectivity index (χ4v) is 3.33. The van der Waals surface area contributed by atoms with Gasteiger partial charge in [0, 0.05) is 31.7 Å². The van der Waals surface area contributed by atoms with Crippen molar-refractivity contribution >= 4 is 15.9 Å². The molecule has 9 heteroatoms. The minimum absolute atomic E-state index is 0.346. The van der Waals surface area contributed by atoms with E-state index in [0.29, 0.717) is 43.3 Å². The number of anilines is 1. The minimum atomic E-state index is -3.55. The molecule has 8 nitrogen and oxygen atoms in total. The SMILES string of the molecule is O=S(=O)(Nc1cccc(-c2nnco2)c1)N1CCNCC1. The maximum absolute atomic E-state index is 12.3. The molecule has 1 aliphatic rings. The summed E-state index contributed by atoms with van der Waals surface area (Å²) in [6.45, 7) is 2.23. The summed E-state index contributed by atoms with van der Waals surface area (Å²) in [5.74, 6) is 0.346. The highest BCUT2D eigenvalue weighted by Gasteiger charge is 2.23. The van der Waals surface area contributed by atoms with Gasteiger partial charge >= 0.3 is 10.2 Å². The molecule has 1 aromatic carbocycles. The first-order chi connectivity index (χ1) is 10.1. The Labute approximate surface area is 122 Å². The Kier molecular flexibility index (Phi) is 3.86. The Balaban J connectivity index is 1.80. The molecule has 0 spiro atoms. The van der Waals surface area contributed by atoms with Crippen LogP contribution in [0.15, 0.2) is 35.1 Å². The van der Waals surface area contributed by atoms with E-state index in [2.05, 4.69) is 20.2 Å². The number of hydrogen-bond acceptors (Lipinski definition) is 6. The van der Waals surface area contributed by atoms with Gasteiger partial charge in [-0.15, -0.1) is 10.2 Å². The predicted octanol–water partition coefficient (Wildman–Crippen LogP) is 0.298. The molecule has 0 amide bonds. The lowest BCUT2D eigenvalue weighted by atomic mass is 10.2. The Morgan fingerprint density at radius 1 is 1.29 bits per heavy atom. The van der Waals surface area contributed by atoms with Crippen molar-refractivity contribution in [2.75, 3.05) is 30.9 Å². The molecule has 0 unspecified atom stereocenters. The van der Waals surface area contributed by atoms with E-state index >= 15 is 0 Å². The van der Waals surface area contributed by atoms with Crippen LogP contribution in [0.5, 0.6) is 0 Å². The van der Waals surface area contributed by atoms with Crippen molar-refractivity contribution in [3.05, 3.63) is 30.7 Å². The lowest BCUT2D eigenvalue weighted by molar-refractivity contribution is 0.362. The molecular formula is C12H15N5O3S. The van der Waals surface area contributed by atoms with Crippen molar-refractivity contribution in [1.82, 2.24) is 19.8 Å². The highest BCUT2D eigenvalue weighted by molar-refractivity contribution is 7.90. The zero-order valence-electron chi connectivity index (χ0n) is 11.2. The Morgan fingerprint density at radius 3 is 2.81 bits per heavy atom. The molecule has 1 saturated heterocycles. The topological polar surface area (TPSA) is 100 Å². The lowest BCUT2D eigenvalue weighted by Gasteiger charge is -2.26. The first kappa shape index (κ1) is 14.0. The summed E-state index contributed by atoms with van der Waals surface area (Å²) in [5.41, 5.74) is 1.12. The van der Waals surface area contributed by atoms with Crippen LogP contribution in [0.25, 0.3) is 11.5 Å². The highest BCUT2D eigenvalue weighted by Crippen LogP contribution is 2.21. The average molecular weight is 309 g/mol. The number of nitrogens with zero attached hydrogens (tertiary/aromatic N) is 3. The van der Waals surface area contributed by atoms with Crippen LogP contribution in [0.3, 0.4) is 0 Å². The maximum atomic E-state index is 12.3. The van der Waals surface area contributed by atoms with Gasteiger partial charge < -0.3 is 9.73 Å². The van der Waals surface area contributed by atoms with Crippen molar-refractivity contribution in [3.8, 4) is 11.5 Å². The molecule has 1 aromatic heterocycles. The molecule has 3 rings (SSSR count). The van der Waals surface area contributed by atoms with Gasteiger partial charge in [-0.1, -0.05) is 6.07 Å². The van der Waals surface area contributed by atoms with Gasteiger partial charge in [0.25, 0.3) is 0 Å². The summed E-state index contributed by atoms with van der Waals surface area (Å²) in [5, 5.41) is 10.5. The van der Waals surface area contributed by atoms with E-state index in [1.165, 1.54) is 10.7 Å². The smallest absolute Gasteiger partial charge is 0.301 e. The summed E-state index contributed by atoms with van der Waals surface area (Å²) in [6.07, 6.45) is 1.23. The van der Waals surface area contributed by atoms with E-state index in [0.717, 1.165) is 0 Å². The van der Waals surface area contributed by atoms with Gasteiger partial charge in [-0.05, 0) is 18.2 Å². The van der Waals surface area contributed by atoms with Crippen LogP contribution < -0.4 is 10.0 Å². The number of rotatable bonds is 4. The quantitative estimate of drug-likeness (QED) is 0.842. The molecule has 0 radical (unpaired) electrons. The van der Waals surface area contributed by atoms with E-state index in [4.69, 9.17) is 4.42 Å². The number of benzene rings is 1. The molecule has 2 N–H and O–H groups in total. The van der Waals surface area contributed by atoms with Crippen molar-refractivity contribution in [3.63, 3.8) is 0 Å². The molecule has 0 saturated carbocycles. The van der Waals surface area contributed by atoms with E-state index in [1.54, 1.807) is 24.3 Å².